The zero-order valence-corrected chi connectivity index (χ0v) is 18.2. The van der Waals surface area contributed by atoms with Gasteiger partial charge in [-0.25, -0.2) is 9.59 Å². The molecule has 0 aliphatic rings. The number of methoxy groups -OCH3 is 1. The topological polar surface area (TPSA) is 119 Å². The van der Waals surface area contributed by atoms with Crippen LogP contribution in [0.5, 0.6) is 11.5 Å². The van der Waals surface area contributed by atoms with E-state index in [1.165, 1.54) is 31.4 Å². The second-order valence-electron chi connectivity index (χ2n) is 7.06. The molecular formula is C25H22N2O6. The van der Waals surface area contributed by atoms with Crippen molar-refractivity contribution in [1.82, 2.24) is 5.32 Å². The van der Waals surface area contributed by atoms with E-state index in [2.05, 4.69) is 5.32 Å². The summed E-state index contributed by atoms with van der Waals surface area (Å²) in [5.74, 6) is -1.11. The van der Waals surface area contributed by atoms with Crippen LogP contribution < -0.4 is 20.4 Å². The van der Waals surface area contributed by atoms with Crippen molar-refractivity contribution in [3.05, 3.63) is 75.7 Å². The van der Waals surface area contributed by atoms with Gasteiger partial charge in [0.2, 0.25) is 0 Å². The van der Waals surface area contributed by atoms with Crippen LogP contribution >= 0.6 is 0 Å². The lowest BCUT2D eigenvalue weighted by Gasteiger charge is -2.10. The van der Waals surface area contributed by atoms with Crippen molar-refractivity contribution < 1.29 is 23.5 Å². The Balaban J connectivity index is 1.83. The number of hydrogen-bond donors (Lipinski definition) is 1. The Morgan fingerprint density at radius 3 is 2.67 bits per heavy atom. The van der Waals surface area contributed by atoms with Gasteiger partial charge in [0.15, 0.2) is 11.5 Å². The molecule has 168 valence electrons. The Morgan fingerprint density at radius 1 is 1.15 bits per heavy atom. The Bertz CT molecular complexity index is 1320. The van der Waals surface area contributed by atoms with Gasteiger partial charge >= 0.3 is 11.6 Å². The van der Waals surface area contributed by atoms with Crippen molar-refractivity contribution in [2.45, 2.75) is 19.8 Å². The van der Waals surface area contributed by atoms with Crippen LogP contribution in [0.4, 0.5) is 0 Å². The van der Waals surface area contributed by atoms with Crippen molar-refractivity contribution in [2.75, 3.05) is 13.7 Å². The summed E-state index contributed by atoms with van der Waals surface area (Å²) in [6, 6.07) is 14.6. The minimum Gasteiger partial charge on any atom is -0.493 e. The summed E-state index contributed by atoms with van der Waals surface area (Å²) in [6.07, 6.45) is 3.14. The number of rotatable bonds is 8. The van der Waals surface area contributed by atoms with Crippen molar-refractivity contribution in [2.24, 2.45) is 0 Å². The maximum absolute atomic E-state index is 12.6. The molecule has 1 amide bonds. The van der Waals surface area contributed by atoms with E-state index in [-0.39, 0.29) is 22.6 Å². The maximum atomic E-state index is 12.6. The van der Waals surface area contributed by atoms with E-state index < -0.39 is 17.5 Å². The van der Waals surface area contributed by atoms with Gasteiger partial charge in [0.1, 0.15) is 22.8 Å². The highest BCUT2D eigenvalue weighted by molar-refractivity contribution is 6.01. The number of carbonyl (C=O) groups is 2. The van der Waals surface area contributed by atoms with Gasteiger partial charge in [-0.2, -0.15) is 5.26 Å². The molecule has 2 aromatic carbocycles. The normalized spacial score (nSPS) is 11.0. The summed E-state index contributed by atoms with van der Waals surface area (Å²) in [5.41, 5.74) is -0.272. The first-order valence-electron chi connectivity index (χ1n) is 10.3. The number of fused-ring (bicyclic) bond motifs is 1. The number of carbonyl (C=O) groups excluding carboxylic acids is 2. The highest BCUT2D eigenvalue weighted by Crippen LogP contribution is 2.29. The largest absolute Gasteiger partial charge is 0.493 e. The molecule has 33 heavy (non-hydrogen) atoms. The van der Waals surface area contributed by atoms with Gasteiger partial charge in [-0.3, -0.25) is 4.79 Å². The lowest BCUT2D eigenvalue weighted by Crippen LogP contribution is -2.25. The number of nitriles is 1. The minimum absolute atomic E-state index is 0.0633. The number of amides is 1. The van der Waals surface area contributed by atoms with Crippen molar-refractivity contribution >= 4 is 28.9 Å². The molecule has 0 atom stereocenters. The molecule has 0 fully saturated rings. The predicted octanol–water partition coefficient (Wildman–Crippen LogP) is 3.84. The van der Waals surface area contributed by atoms with Crippen molar-refractivity contribution in [3.63, 3.8) is 0 Å². The van der Waals surface area contributed by atoms with E-state index in [1.807, 2.05) is 13.0 Å². The van der Waals surface area contributed by atoms with E-state index in [0.29, 0.717) is 23.1 Å². The smallest absolute Gasteiger partial charge is 0.351 e. The highest BCUT2D eigenvalue weighted by Gasteiger charge is 2.18. The Morgan fingerprint density at radius 2 is 1.94 bits per heavy atom. The fraction of sp³-hybridized carbons (Fsp3) is 0.200. The molecule has 1 aromatic heterocycles. The lowest BCUT2D eigenvalue weighted by molar-refractivity contribution is -0.117. The summed E-state index contributed by atoms with van der Waals surface area (Å²) in [4.78, 5) is 37.0. The van der Waals surface area contributed by atoms with Crippen LogP contribution in [0.15, 0.2) is 63.3 Å². The molecule has 1 N–H and O–H groups in total. The SMILES string of the molecule is CCCCNC(=O)/C(C#N)=C/c1ccc(OC(=O)c2cc3ccccc3oc2=O)c(OC)c1. The van der Waals surface area contributed by atoms with Gasteiger partial charge in [0.05, 0.1) is 7.11 Å². The first-order valence-corrected chi connectivity index (χ1v) is 10.3. The molecule has 3 aromatic rings. The van der Waals surface area contributed by atoms with Gasteiger partial charge in [0, 0.05) is 11.9 Å². The third kappa shape index (κ3) is 5.66. The van der Waals surface area contributed by atoms with E-state index in [1.54, 1.807) is 30.3 Å². The fourth-order valence-electron chi connectivity index (χ4n) is 3.01. The molecule has 0 unspecified atom stereocenters. The number of unbranched alkanes of at least 4 members (excludes halogenated alkanes) is 1. The zero-order valence-electron chi connectivity index (χ0n) is 18.2. The van der Waals surface area contributed by atoms with Gasteiger partial charge in [-0.15, -0.1) is 0 Å². The summed E-state index contributed by atoms with van der Waals surface area (Å²) in [7, 11) is 1.38. The maximum Gasteiger partial charge on any atom is 0.351 e. The third-order valence-corrected chi connectivity index (χ3v) is 4.74. The number of benzene rings is 2. The summed E-state index contributed by atoms with van der Waals surface area (Å²) in [5, 5.41) is 12.6. The summed E-state index contributed by atoms with van der Waals surface area (Å²) >= 11 is 0. The van der Waals surface area contributed by atoms with Crippen LogP contribution in [0.1, 0.15) is 35.7 Å². The lowest BCUT2D eigenvalue weighted by atomic mass is 10.1. The standard InChI is InChI=1S/C25H22N2O6/c1-3-4-11-27-23(28)18(15-26)12-16-9-10-21(22(13-16)31-2)33-25(30)19-14-17-7-5-6-8-20(17)32-24(19)29/h5-10,12-14H,3-4,11H2,1-2H3,(H,27,28)/b18-12+. The van der Waals surface area contributed by atoms with Crippen LogP contribution in [0.25, 0.3) is 17.0 Å². The van der Waals surface area contributed by atoms with E-state index >= 15 is 0 Å². The average molecular weight is 446 g/mol. The summed E-state index contributed by atoms with van der Waals surface area (Å²) < 4.78 is 15.8. The number of hydrogen-bond acceptors (Lipinski definition) is 7. The van der Waals surface area contributed by atoms with Gasteiger partial charge in [-0.05, 0) is 42.3 Å². The molecule has 0 saturated carbocycles. The first kappa shape index (κ1) is 23.3. The molecular weight excluding hydrogens is 424 g/mol. The van der Waals surface area contributed by atoms with E-state index in [9.17, 15) is 19.6 Å². The number of ether oxygens (including phenoxy) is 2. The monoisotopic (exact) mass is 446 g/mol. The zero-order chi connectivity index (χ0) is 23.8. The van der Waals surface area contributed by atoms with Crippen LogP contribution in [-0.4, -0.2) is 25.5 Å². The van der Waals surface area contributed by atoms with E-state index in [4.69, 9.17) is 13.9 Å². The molecule has 1 heterocycles. The number of nitrogens with zero attached hydrogens (tertiary/aromatic N) is 1. The Kier molecular flexibility index (Phi) is 7.60. The number of esters is 1. The molecule has 0 spiro atoms. The summed E-state index contributed by atoms with van der Waals surface area (Å²) in [6.45, 7) is 2.48. The predicted molar refractivity (Wildman–Crippen MR) is 122 cm³/mol. The molecule has 0 aliphatic carbocycles. The second kappa shape index (κ2) is 10.8. The molecule has 3 rings (SSSR count). The molecule has 8 nitrogen and oxygen atoms in total. The van der Waals surface area contributed by atoms with Gasteiger partial charge in [0.25, 0.3) is 5.91 Å². The molecule has 8 heteroatoms. The van der Waals surface area contributed by atoms with Crippen molar-refractivity contribution in [3.8, 4) is 17.6 Å². The molecule has 0 saturated heterocycles. The third-order valence-electron chi connectivity index (χ3n) is 4.74. The van der Waals surface area contributed by atoms with Crippen LogP contribution in [0.2, 0.25) is 0 Å². The first-order chi connectivity index (χ1) is 16.0. The number of para-hydroxylation sites is 1. The van der Waals surface area contributed by atoms with Crippen LogP contribution in [0.3, 0.4) is 0 Å². The quantitative estimate of drug-likeness (QED) is 0.139. The Hall–Kier alpha value is -4.38. The fourth-order valence-corrected chi connectivity index (χ4v) is 3.01. The molecule has 0 bridgehead atoms. The Labute approximate surface area is 190 Å². The highest BCUT2D eigenvalue weighted by atomic mass is 16.6. The van der Waals surface area contributed by atoms with Crippen molar-refractivity contribution in [1.29, 1.82) is 5.26 Å². The minimum atomic E-state index is -0.899. The molecule has 0 aliphatic heterocycles. The average Bonchev–Trinajstić information content (AvgIpc) is 2.82. The van der Waals surface area contributed by atoms with Gasteiger partial charge in [-0.1, -0.05) is 37.6 Å². The number of nitrogens with one attached hydrogen (secondary N) is 1. The van der Waals surface area contributed by atoms with E-state index in [0.717, 1.165) is 12.8 Å². The molecule has 0 radical (unpaired) electrons. The van der Waals surface area contributed by atoms with Crippen LogP contribution in [0, 0.1) is 11.3 Å². The van der Waals surface area contributed by atoms with Crippen LogP contribution in [-0.2, 0) is 4.79 Å². The second-order valence-corrected chi connectivity index (χ2v) is 7.06. The van der Waals surface area contributed by atoms with Gasteiger partial charge < -0.3 is 19.2 Å².